The lowest BCUT2D eigenvalue weighted by Gasteiger charge is -2.17. The van der Waals surface area contributed by atoms with Gasteiger partial charge in [-0.15, -0.1) is 0 Å². The molecule has 0 aliphatic carbocycles. The first-order valence-corrected chi connectivity index (χ1v) is 8.13. The standard InChI is InChI=1S/C17H20ClN3O2/c1-11-14(17(23)20-8-7-13(10-20)12(2)22)9-19-21(11)16-6-4-3-5-15(16)18/h3-6,9,12-13,22H,7-8,10H2,1-2H3. The van der Waals surface area contributed by atoms with E-state index in [0.717, 1.165) is 17.8 Å². The van der Waals surface area contributed by atoms with E-state index in [9.17, 15) is 9.90 Å². The molecule has 2 heterocycles. The third-order valence-electron chi connectivity index (χ3n) is 4.51. The highest BCUT2D eigenvalue weighted by Gasteiger charge is 2.31. The van der Waals surface area contributed by atoms with Crippen LogP contribution in [0.1, 0.15) is 29.4 Å². The number of amides is 1. The number of aliphatic hydroxyl groups excluding tert-OH is 1. The number of benzene rings is 1. The van der Waals surface area contributed by atoms with Crippen LogP contribution in [0.4, 0.5) is 0 Å². The van der Waals surface area contributed by atoms with Crippen molar-refractivity contribution in [3.05, 3.63) is 46.7 Å². The summed E-state index contributed by atoms with van der Waals surface area (Å²) in [5.41, 5.74) is 2.11. The fourth-order valence-electron chi connectivity index (χ4n) is 3.02. The molecule has 1 aliphatic rings. The molecule has 0 radical (unpaired) electrons. The molecule has 0 bridgehead atoms. The van der Waals surface area contributed by atoms with Gasteiger partial charge in [0.2, 0.25) is 0 Å². The lowest BCUT2D eigenvalue weighted by molar-refractivity contribution is 0.0761. The molecule has 5 nitrogen and oxygen atoms in total. The number of para-hydroxylation sites is 1. The highest BCUT2D eigenvalue weighted by atomic mass is 35.5. The third kappa shape index (κ3) is 2.99. The van der Waals surface area contributed by atoms with Crippen molar-refractivity contribution in [3.63, 3.8) is 0 Å². The lowest BCUT2D eigenvalue weighted by atomic mass is 10.0. The van der Waals surface area contributed by atoms with Gasteiger partial charge < -0.3 is 10.0 Å². The summed E-state index contributed by atoms with van der Waals surface area (Å²) in [6.45, 7) is 4.91. The lowest BCUT2D eigenvalue weighted by Crippen LogP contribution is -2.30. The quantitative estimate of drug-likeness (QED) is 0.939. The molecule has 1 N–H and O–H groups in total. The Hall–Kier alpha value is -1.85. The van der Waals surface area contributed by atoms with Gasteiger partial charge in [-0.1, -0.05) is 23.7 Å². The number of halogens is 1. The molecule has 2 unspecified atom stereocenters. The molecule has 122 valence electrons. The van der Waals surface area contributed by atoms with Gasteiger partial charge >= 0.3 is 0 Å². The van der Waals surface area contributed by atoms with Gasteiger partial charge in [0.15, 0.2) is 0 Å². The Morgan fingerprint density at radius 3 is 2.83 bits per heavy atom. The second-order valence-electron chi connectivity index (χ2n) is 6.05. The fraction of sp³-hybridized carbons (Fsp3) is 0.412. The molecule has 1 aliphatic heterocycles. The van der Waals surface area contributed by atoms with Gasteiger partial charge in [0.25, 0.3) is 5.91 Å². The maximum absolute atomic E-state index is 12.7. The van der Waals surface area contributed by atoms with Crippen LogP contribution in [0.25, 0.3) is 5.69 Å². The molecule has 2 aromatic rings. The summed E-state index contributed by atoms with van der Waals surface area (Å²) in [7, 11) is 0. The summed E-state index contributed by atoms with van der Waals surface area (Å²) in [6, 6.07) is 7.41. The zero-order chi connectivity index (χ0) is 16.6. The smallest absolute Gasteiger partial charge is 0.257 e. The molecule has 6 heteroatoms. The second-order valence-corrected chi connectivity index (χ2v) is 6.45. The highest BCUT2D eigenvalue weighted by molar-refractivity contribution is 6.32. The number of nitrogens with zero attached hydrogens (tertiary/aromatic N) is 3. The summed E-state index contributed by atoms with van der Waals surface area (Å²) in [5, 5.41) is 14.6. The van der Waals surface area contributed by atoms with Crippen LogP contribution in [-0.4, -0.2) is 44.9 Å². The van der Waals surface area contributed by atoms with Crippen LogP contribution in [0.2, 0.25) is 5.02 Å². The molecule has 2 atom stereocenters. The SMILES string of the molecule is Cc1c(C(=O)N2CCC(C(C)O)C2)cnn1-c1ccccc1Cl. The number of hydrogen-bond acceptors (Lipinski definition) is 3. The van der Waals surface area contributed by atoms with Crippen LogP contribution >= 0.6 is 11.6 Å². The van der Waals surface area contributed by atoms with E-state index >= 15 is 0 Å². The Morgan fingerprint density at radius 1 is 1.43 bits per heavy atom. The van der Waals surface area contributed by atoms with Gasteiger partial charge in [-0.3, -0.25) is 4.79 Å². The Morgan fingerprint density at radius 2 is 2.17 bits per heavy atom. The molecular formula is C17H20ClN3O2. The zero-order valence-corrected chi connectivity index (χ0v) is 14.0. The number of hydrogen-bond donors (Lipinski definition) is 1. The van der Waals surface area contributed by atoms with E-state index < -0.39 is 0 Å². The van der Waals surface area contributed by atoms with Crippen molar-refractivity contribution >= 4 is 17.5 Å². The van der Waals surface area contributed by atoms with Crippen molar-refractivity contribution in [1.82, 2.24) is 14.7 Å². The number of aromatic nitrogens is 2. The van der Waals surface area contributed by atoms with Crippen LogP contribution in [0.5, 0.6) is 0 Å². The average molecular weight is 334 g/mol. The topological polar surface area (TPSA) is 58.4 Å². The van der Waals surface area contributed by atoms with Crippen LogP contribution in [0.15, 0.2) is 30.5 Å². The van der Waals surface area contributed by atoms with Crippen LogP contribution in [-0.2, 0) is 0 Å². The minimum Gasteiger partial charge on any atom is -0.393 e. The van der Waals surface area contributed by atoms with Crippen LogP contribution in [0, 0.1) is 12.8 Å². The van der Waals surface area contributed by atoms with Crippen molar-refractivity contribution in [2.75, 3.05) is 13.1 Å². The van der Waals surface area contributed by atoms with Crippen molar-refractivity contribution in [2.24, 2.45) is 5.92 Å². The number of rotatable bonds is 3. The first kappa shape index (κ1) is 16.0. The molecule has 0 saturated carbocycles. The average Bonchev–Trinajstić information content (AvgIpc) is 3.14. The molecule has 1 aromatic carbocycles. The molecule has 3 rings (SSSR count). The van der Waals surface area contributed by atoms with E-state index in [2.05, 4.69) is 5.10 Å². The highest BCUT2D eigenvalue weighted by Crippen LogP contribution is 2.25. The van der Waals surface area contributed by atoms with Crippen molar-refractivity contribution < 1.29 is 9.90 Å². The van der Waals surface area contributed by atoms with E-state index in [1.807, 2.05) is 25.1 Å². The van der Waals surface area contributed by atoms with E-state index in [1.165, 1.54) is 0 Å². The Labute approximate surface area is 140 Å². The number of likely N-dealkylation sites (tertiary alicyclic amines) is 1. The Bertz CT molecular complexity index is 726. The second kappa shape index (κ2) is 6.34. The van der Waals surface area contributed by atoms with E-state index in [0.29, 0.717) is 23.7 Å². The monoisotopic (exact) mass is 333 g/mol. The summed E-state index contributed by atoms with van der Waals surface area (Å²) < 4.78 is 1.69. The molecule has 1 saturated heterocycles. The van der Waals surface area contributed by atoms with Gasteiger partial charge in [-0.25, -0.2) is 4.68 Å². The normalized spacial score (nSPS) is 19.1. The van der Waals surface area contributed by atoms with E-state index in [1.54, 1.807) is 28.8 Å². The zero-order valence-electron chi connectivity index (χ0n) is 13.2. The van der Waals surface area contributed by atoms with Crippen molar-refractivity contribution in [2.45, 2.75) is 26.4 Å². The fourth-order valence-corrected chi connectivity index (χ4v) is 3.24. The maximum atomic E-state index is 12.7. The van der Waals surface area contributed by atoms with Crippen molar-refractivity contribution in [1.29, 1.82) is 0 Å². The molecular weight excluding hydrogens is 314 g/mol. The minimum absolute atomic E-state index is 0.0380. The number of aliphatic hydroxyl groups is 1. The van der Waals surface area contributed by atoms with Gasteiger partial charge in [0.05, 0.1) is 34.3 Å². The number of carbonyl (C=O) groups is 1. The Kier molecular flexibility index (Phi) is 4.41. The van der Waals surface area contributed by atoms with E-state index in [4.69, 9.17) is 11.6 Å². The summed E-state index contributed by atoms with van der Waals surface area (Å²) in [6.07, 6.45) is 2.04. The van der Waals surface area contributed by atoms with Crippen LogP contribution in [0.3, 0.4) is 0 Å². The largest absolute Gasteiger partial charge is 0.393 e. The maximum Gasteiger partial charge on any atom is 0.257 e. The predicted octanol–water partition coefficient (Wildman–Crippen LogP) is 2.68. The third-order valence-corrected chi connectivity index (χ3v) is 4.83. The summed E-state index contributed by atoms with van der Waals surface area (Å²) in [4.78, 5) is 14.5. The van der Waals surface area contributed by atoms with Crippen molar-refractivity contribution in [3.8, 4) is 5.69 Å². The predicted molar refractivity (Wildman–Crippen MR) is 89.0 cm³/mol. The molecule has 1 aromatic heterocycles. The van der Waals surface area contributed by atoms with Gasteiger partial charge in [-0.05, 0) is 32.4 Å². The molecule has 1 amide bonds. The van der Waals surface area contributed by atoms with Gasteiger partial charge in [0.1, 0.15) is 0 Å². The Balaban J connectivity index is 1.85. The molecule has 1 fully saturated rings. The van der Waals surface area contributed by atoms with E-state index in [-0.39, 0.29) is 17.9 Å². The first-order valence-electron chi connectivity index (χ1n) is 7.76. The van der Waals surface area contributed by atoms with Gasteiger partial charge in [-0.2, -0.15) is 5.10 Å². The molecule has 0 spiro atoms. The first-order chi connectivity index (χ1) is 11.0. The minimum atomic E-state index is -0.389. The van der Waals surface area contributed by atoms with Crippen LogP contribution < -0.4 is 0 Å². The molecule has 23 heavy (non-hydrogen) atoms. The summed E-state index contributed by atoms with van der Waals surface area (Å²) >= 11 is 6.22. The number of carbonyl (C=O) groups excluding carboxylic acids is 1. The summed E-state index contributed by atoms with van der Waals surface area (Å²) in [5.74, 6) is 0.113. The van der Waals surface area contributed by atoms with Gasteiger partial charge in [0, 0.05) is 19.0 Å².